The number of aromatic nitrogens is 1. The molecule has 0 spiro atoms. The first-order valence-corrected chi connectivity index (χ1v) is 9.73. The van der Waals surface area contributed by atoms with E-state index in [2.05, 4.69) is 29.5 Å². The topological polar surface area (TPSA) is 58.4 Å². The zero-order chi connectivity index (χ0) is 18.3. The summed E-state index contributed by atoms with van der Waals surface area (Å²) in [5.41, 5.74) is 0.0707. The Morgan fingerprint density at radius 3 is 2.36 bits per heavy atom. The summed E-state index contributed by atoms with van der Waals surface area (Å²) in [6, 6.07) is 5.28. The Hall–Kier alpha value is -1.78. The molecule has 25 heavy (non-hydrogen) atoms. The SMILES string of the molecule is CN=C(NCCCCCCC(C)C)NCCCCn1ccccc1=O. The highest BCUT2D eigenvalue weighted by Gasteiger charge is 1.99. The Balaban J connectivity index is 2.03. The van der Waals surface area contributed by atoms with E-state index in [0.29, 0.717) is 0 Å². The van der Waals surface area contributed by atoms with E-state index in [9.17, 15) is 4.79 Å². The molecular weight excluding hydrogens is 312 g/mol. The van der Waals surface area contributed by atoms with Gasteiger partial charge in [0.15, 0.2) is 5.96 Å². The third-order valence-electron chi connectivity index (χ3n) is 4.24. The van der Waals surface area contributed by atoms with Crippen molar-refractivity contribution in [2.24, 2.45) is 10.9 Å². The quantitative estimate of drug-likeness (QED) is 0.346. The predicted octanol–water partition coefficient (Wildman–Crippen LogP) is 3.40. The number of nitrogens with one attached hydrogen (secondary N) is 2. The number of unbranched alkanes of at least 4 members (excludes halogenated alkanes) is 4. The number of guanidine groups is 1. The molecule has 0 amide bonds. The molecule has 1 aromatic rings. The lowest BCUT2D eigenvalue weighted by molar-refractivity contribution is 0.518. The molecule has 1 rings (SSSR count). The maximum atomic E-state index is 11.6. The maximum Gasteiger partial charge on any atom is 0.250 e. The molecule has 2 N–H and O–H groups in total. The van der Waals surface area contributed by atoms with E-state index in [1.165, 1.54) is 32.1 Å². The molecule has 5 nitrogen and oxygen atoms in total. The number of aryl methyl sites for hydroxylation is 1. The van der Waals surface area contributed by atoms with Gasteiger partial charge in [0.25, 0.3) is 0 Å². The van der Waals surface area contributed by atoms with Crippen LogP contribution in [0.5, 0.6) is 0 Å². The van der Waals surface area contributed by atoms with E-state index in [1.54, 1.807) is 16.7 Å². The summed E-state index contributed by atoms with van der Waals surface area (Å²) in [6.45, 7) is 7.19. The van der Waals surface area contributed by atoms with E-state index in [-0.39, 0.29) is 5.56 Å². The van der Waals surface area contributed by atoms with Crippen molar-refractivity contribution in [2.75, 3.05) is 20.1 Å². The Kier molecular flexibility index (Phi) is 11.5. The molecule has 0 aromatic carbocycles. The highest BCUT2D eigenvalue weighted by atomic mass is 16.1. The number of pyridine rings is 1. The molecule has 5 heteroatoms. The van der Waals surface area contributed by atoms with Gasteiger partial charge in [-0.05, 0) is 31.2 Å². The van der Waals surface area contributed by atoms with Crippen LogP contribution in [0.3, 0.4) is 0 Å². The van der Waals surface area contributed by atoms with Crippen molar-refractivity contribution in [3.63, 3.8) is 0 Å². The molecule has 0 bridgehead atoms. The van der Waals surface area contributed by atoms with Crippen LogP contribution in [0.1, 0.15) is 58.8 Å². The fraction of sp³-hybridized carbons (Fsp3) is 0.700. The minimum Gasteiger partial charge on any atom is -0.356 e. The molecule has 1 heterocycles. The van der Waals surface area contributed by atoms with Crippen LogP contribution in [0.15, 0.2) is 34.2 Å². The Morgan fingerprint density at radius 1 is 1.04 bits per heavy atom. The molecule has 0 radical (unpaired) electrons. The molecule has 1 aromatic heterocycles. The average Bonchev–Trinajstić information content (AvgIpc) is 2.60. The van der Waals surface area contributed by atoms with E-state index < -0.39 is 0 Å². The van der Waals surface area contributed by atoms with Crippen LogP contribution in [-0.2, 0) is 6.54 Å². The largest absolute Gasteiger partial charge is 0.356 e. The summed E-state index contributed by atoms with van der Waals surface area (Å²) < 4.78 is 1.76. The molecule has 0 fully saturated rings. The van der Waals surface area contributed by atoms with Crippen LogP contribution in [0.2, 0.25) is 0 Å². The predicted molar refractivity (Wildman–Crippen MR) is 107 cm³/mol. The summed E-state index contributed by atoms with van der Waals surface area (Å²) in [5, 5.41) is 6.71. The van der Waals surface area contributed by atoms with Gasteiger partial charge in [-0.3, -0.25) is 9.79 Å². The minimum atomic E-state index is 0.0707. The molecule has 0 aliphatic rings. The van der Waals surface area contributed by atoms with Crippen LogP contribution in [0.4, 0.5) is 0 Å². The van der Waals surface area contributed by atoms with Crippen molar-refractivity contribution >= 4 is 5.96 Å². The zero-order valence-corrected chi connectivity index (χ0v) is 16.3. The van der Waals surface area contributed by atoms with E-state index >= 15 is 0 Å². The number of aliphatic imine (C=N–C) groups is 1. The summed E-state index contributed by atoms with van der Waals surface area (Å²) >= 11 is 0. The van der Waals surface area contributed by atoms with Gasteiger partial charge in [0, 0.05) is 38.9 Å². The van der Waals surface area contributed by atoms with Crippen molar-refractivity contribution in [2.45, 2.75) is 65.3 Å². The van der Waals surface area contributed by atoms with Gasteiger partial charge < -0.3 is 15.2 Å². The third-order valence-corrected chi connectivity index (χ3v) is 4.24. The van der Waals surface area contributed by atoms with Gasteiger partial charge in [-0.1, -0.05) is 45.6 Å². The van der Waals surface area contributed by atoms with E-state index in [1.807, 2.05) is 19.3 Å². The molecule has 0 atom stereocenters. The van der Waals surface area contributed by atoms with Gasteiger partial charge in [0.1, 0.15) is 0 Å². The van der Waals surface area contributed by atoms with Gasteiger partial charge in [0.2, 0.25) is 5.56 Å². The van der Waals surface area contributed by atoms with Gasteiger partial charge >= 0.3 is 0 Å². The van der Waals surface area contributed by atoms with E-state index in [0.717, 1.165) is 44.4 Å². The Bertz CT molecular complexity index is 536. The molecule has 0 aliphatic heterocycles. The first kappa shape index (κ1) is 21.3. The average molecular weight is 349 g/mol. The molecule has 142 valence electrons. The molecule has 0 saturated carbocycles. The van der Waals surface area contributed by atoms with Gasteiger partial charge in [-0.25, -0.2) is 0 Å². The van der Waals surface area contributed by atoms with Crippen molar-refractivity contribution in [1.82, 2.24) is 15.2 Å². The number of hydrogen-bond acceptors (Lipinski definition) is 2. The number of hydrogen-bond donors (Lipinski definition) is 2. The summed E-state index contributed by atoms with van der Waals surface area (Å²) in [6.07, 6.45) is 10.3. The lowest BCUT2D eigenvalue weighted by atomic mass is 10.0. The fourth-order valence-electron chi connectivity index (χ4n) is 2.72. The normalized spacial score (nSPS) is 11.8. The second kappa shape index (κ2) is 13.5. The van der Waals surface area contributed by atoms with Crippen molar-refractivity contribution in [3.05, 3.63) is 34.7 Å². The molecule has 0 saturated heterocycles. The molecule has 0 unspecified atom stereocenters. The lowest BCUT2D eigenvalue weighted by Crippen LogP contribution is -2.38. The summed E-state index contributed by atoms with van der Waals surface area (Å²) in [5.74, 6) is 1.70. The van der Waals surface area contributed by atoms with Crippen LogP contribution >= 0.6 is 0 Å². The molecular formula is C20H36N4O. The highest BCUT2D eigenvalue weighted by Crippen LogP contribution is 2.08. The van der Waals surface area contributed by atoms with Crippen molar-refractivity contribution in [1.29, 1.82) is 0 Å². The Morgan fingerprint density at radius 2 is 1.72 bits per heavy atom. The summed E-state index contributed by atoms with van der Waals surface area (Å²) in [4.78, 5) is 15.9. The number of nitrogens with zero attached hydrogens (tertiary/aromatic N) is 2. The highest BCUT2D eigenvalue weighted by molar-refractivity contribution is 5.79. The molecule has 0 aliphatic carbocycles. The fourth-order valence-corrected chi connectivity index (χ4v) is 2.72. The number of rotatable bonds is 12. The second-order valence-corrected chi connectivity index (χ2v) is 6.96. The summed E-state index contributed by atoms with van der Waals surface area (Å²) in [7, 11) is 1.81. The van der Waals surface area contributed by atoms with Gasteiger partial charge in [0.05, 0.1) is 0 Å². The lowest BCUT2D eigenvalue weighted by Gasteiger charge is -2.12. The smallest absolute Gasteiger partial charge is 0.250 e. The maximum absolute atomic E-state index is 11.6. The van der Waals surface area contributed by atoms with E-state index in [4.69, 9.17) is 0 Å². The van der Waals surface area contributed by atoms with Gasteiger partial charge in [-0.15, -0.1) is 0 Å². The van der Waals surface area contributed by atoms with Crippen LogP contribution in [0.25, 0.3) is 0 Å². The van der Waals surface area contributed by atoms with Crippen LogP contribution in [-0.4, -0.2) is 30.7 Å². The first-order chi connectivity index (χ1) is 12.1. The van der Waals surface area contributed by atoms with Crippen molar-refractivity contribution < 1.29 is 0 Å². The monoisotopic (exact) mass is 348 g/mol. The standard InChI is InChI=1S/C20H36N4O/c1-18(2)12-6-4-5-8-14-22-20(21-3)23-15-9-11-17-24-16-10-7-13-19(24)25/h7,10,13,16,18H,4-6,8-9,11-12,14-15,17H2,1-3H3,(H2,21,22,23). The Labute approximate surface area is 152 Å². The minimum absolute atomic E-state index is 0.0707. The van der Waals surface area contributed by atoms with Crippen molar-refractivity contribution in [3.8, 4) is 0 Å². The third kappa shape index (κ3) is 10.6. The second-order valence-electron chi connectivity index (χ2n) is 6.96. The van der Waals surface area contributed by atoms with Gasteiger partial charge in [-0.2, -0.15) is 0 Å². The zero-order valence-electron chi connectivity index (χ0n) is 16.3. The first-order valence-electron chi connectivity index (χ1n) is 9.73. The van der Waals surface area contributed by atoms with Crippen LogP contribution < -0.4 is 16.2 Å². The van der Waals surface area contributed by atoms with Crippen LogP contribution in [0, 0.1) is 5.92 Å².